The second kappa shape index (κ2) is 5.90. The van der Waals surface area contributed by atoms with Crippen molar-refractivity contribution in [3.05, 3.63) is 59.4 Å². The first-order valence-electron chi connectivity index (χ1n) is 6.03. The number of nitrogens with one attached hydrogen (secondary N) is 1. The minimum Gasteiger partial charge on any atom is -0.374 e. The summed E-state index contributed by atoms with van der Waals surface area (Å²) >= 11 is 0. The van der Waals surface area contributed by atoms with Crippen LogP contribution >= 0.6 is 0 Å². The van der Waals surface area contributed by atoms with Crippen molar-refractivity contribution in [2.75, 3.05) is 5.32 Å². The number of benzene rings is 1. The third-order valence-corrected chi connectivity index (χ3v) is 2.86. The summed E-state index contributed by atoms with van der Waals surface area (Å²) in [7, 11) is 0. The summed E-state index contributed by atoms with van der Waals surface area (Å²) in [5, 5.41) is 2.73. The van der Waals surface area contributed by atoms with E-state index < -0.39 is 29.3 Å². The van der Waals surface area contributed by atoms with Crippen molar-refractivity contribution >= 4 is 5.69 Å². The molecule has 0 radical (unpaired) electrons. The average molecular weight is 284 g/mol. The molecule has 2 nitrogen and oxygen atoms in total. The summed E-state index contributed by atoms with van der Waals surface area (Å²) in [4.78, 5) is 3.89. The zero-order valence-electron chi connectivity index (χ0n) is 10.6. The van der Waals surface area contributed by atoms with Crippen LogP contribution in [0.15, 0.2) is 30.5 Å². The summed E-state index contributed by atoms with van der Waals surface area (Å²) < 4.78 is 52.3. The van der Waals surface area contributed by atoms with E-state index in [1.54, 1.807) is 6.92 Å². The molecule has 0 aliphatic rings. The number of nitrogens with zero attached hydrogens (tertiary/aromatic N) is 1. The molecule has 0 aliphatic carbocycles. The maximum atomic E-state index is 13.6. The van der Waals surface area contributed by atoms with Crippen molar-refractivity contribution in [1.29, 1.82) is 0 Å². The van der Waals surface area contributed by atoms with Crippen LogP contribution in [-0.2, 0) is 0 Å². The van der Waals surface area contributed by atoms with Crippen LogP contribution in [0.3, 0.4) is 0 Å². The first kappa shape index (κ1) is 14.3. The molecule has 0 amide bonds. The SMILES string of the molecule is CCC(Nc1cc(F)c(F)cc1F)c1ccc(F)cn1. The van der Waals surface area contributed by atoms with Gasteiger partial charge < -0.3 is 5.32 Å². The fourth-order valence-electron chi connectivity index (χ4n) is 1.80. The largest absolute Gasteiger partial charge is 0.374 e. The van der Waals surface area contributed by atoms with Gasteiger partial charge in [0.05, 0.1) is 23.6 Å². The highest BCUT2D eigenvalue weighted by atomic mass is 19.2. The molecule has 1 atom stereocenters. The number of pyridine rings is 1. The average Bonchev–Trinajstić information content (AvgIpc) is 2.42. The van der Waals surface area contributed by atoms with Crippen LogP contribution in [0.2, 0.25) is 0 Å². The van der Waals surface area contributed by atoms with Crippen molar-refractivity contribution in [3.63, 3.8) is 0 Å². The summed E-state index contributed by atoms with van der Waals surface area (Å²) in [6.45, 7) is 1.81. The Morgan fingerprint density at radius 2 is 1.75 bits per heavy atom. The van der Waals surface area contributed by atoms with Gasteiger partial charge in [-0.25, -0.2) is 17.6 Å². The van der Waals surface area contributed by atoms with Crippen LogP contribution in [0.4, 0.5) is 23.2 Å². The fraction of sp³-hybridized carbons (Fsp3) is 0.214. The Bertz CT molecular complexity index is 599. The molecule has 0 fully saturated rings. The van der Waals surface area contributed by atoms with Gasteiger partial charge in [-0.05, 0) is 18.6 Å². The van der Waals surface area contributed by atoms with Gasteiger partial charge in [0, 0.05) is 12.1 Å². The van der Waals surface area contributed by atoms with E-state index >= 15 is 0 Å². The summed E-state index contributed by atoms with van der Waals surface area (Å²) in [6, 6.07) is 3.47. The molecule has 1 unspecified atom stereocenters. The van der Waals surface area contributed by atoms with E-state index in [0.29, 0.717) is 18.2 Å². The Balaban J connectivity index is 2.26. The Morgan fingerprint density at radius 1 is 1.05 bits per heavy atom. The Kier molecular flexibility index (Phi) is 4.22. The zero-order valence-corrected chi connectivity index (χ0v) is 10.6. The molecule has 2 aromatic rings. The van der Waals surface area contributed by atoms with Gasteiger partial charge in [-0.15, -0.1) is 0 Å². The lowest BCUT2D eigenvalue weighted by Gasteiger charge is -2.18. The fourth-order valence-corrected chi connectivity index (χ4v) is 1.80. The molecule has 1 heterocycles. The topological polar surface area (TPSA) is 24.9 Å². The first-order valence-corrected chi connectivity index (χ1v) is 6.03. The number of hydrogen-bond donors (Lipinski definition) is 1. The monoisotopic (exact) mass is 284 g/mol. The van der Waals surface area contributed by atoms with Gasteiger partial charge in [-0.2, -0.15) is 0 Å². The van der Waals surface area contributed by atoms with Gasteiger partial charge >= 0.3 is 0 Å². The van der Waals surface area contributed by atoms with E-state index in [1.165, 1.54) is 12.1 Å². The minimum absolute atomic E-state index is 0.165. The molecule has 0 aliphatic heterocycles. The molecule has 0 saturated heterocycles. The molecule has 1 aromatic heterocycles. The van der Waals surface area contributed by atoms with Crippen LogP contribution in [0.1, 0.15) is 25.1 Å². The normalized spacial score (nSPS) is 12.2. The Hall–Kier alpha value is -2.11. The smallest absolute Gasteiger partial charge is 0.161 e. The number of halogens is 4. The summed E-state index contributed by atoms with van der Waals surface area (Å²) in [5.41, 5.74) is 0.319. The van der Waals surface area contributed by atoms with Crippen LogP contribution in [0.25, 0.3) is 0 Å². The molecule has 2 rings (SSSR count). The highest BCUT2D eigenvalue weighted by molar-refractivity contribution is 5.47. The molecule has 20 heavy (non-hydrogen) atoms. The maximum Gasteiger partial charge on any atom is 0.161 e. The number of anilines is 1. The van der Waals surface area contributed by atoms with Gasteiger partial charge in [0.1, 0.15) is 11.6 Å². The molecular weight excluding hydrogens is 272 g/mol. The highest BCUT2D eigenvalue weighted by Gasteiger charge is 2.15. The van der Waals surface area contributed by atoms with E-state index in [1.807, 2.05) is 0 Å². The van der Waals surface area contributed by atoms with Crippen molar-refractivity contribution < 1.29 is 17.6 Å². The summed E-state index contributed by atoms with van der Waals surface area (Å²) in [6.07, 6.45) is 1.55. The predicted octanol–water partition coefficient (Wildman–Crippen LogP) is 4.20. The number of rotatable bonds is 4. The third-order valence-electron chi connectivity index (χ3n) is 2.86. The van der Waals surface area contributed by atoms with Crippen LogP contribution in [-0.4, -0.2) is 4.98 Å². The number of hydrogen-bond acceptors (Lipinski definition) is 2. The van der Waals surface area contributed by atoms with Crippen LogP contribution in [0.5, 0.6) is 0 Å². The van der Waals surface area contributed by atoms with E-state index in [-0.39, 0.29) is 5.69 Å². The minimum atomic E-state index is -1.25. The maximum absolute atomic E-state index is 13.6. The van der Waals surface area contributed by atoms with Gasteiger partial charge in [0.2, 0.25) is 0 Å². The van der Waals surface area contributed by atoms with Crippen molar-refractivity contribution in [3.8, 4) is 0 Å². The van der Waals surface area contributed by atoms with E-state index in [4.69, 9.17) is 0 Å². The zero-order chi connectivity index (χ0) is 14.7. The van der Waals surface area contributed by atoms with Gasteiger partial charge in [-0.3, -0.25) is 4.98 Å². The van der Waals surface area contributed by atoms with E-state index in [9.17, 15) is 17.6 Å². The lowest BCUT2D eigenvalue weighted by molar-refractivity contribution is 0.495. The third kappa shape index (κ3) is 3.07. The molecule has 106 valence electrons. The van der Waals surface area contributed by atoms with E-state index in [0.717, 1.165) is 12.3 Å². The second-order valence-corrected chi connectivity index (χ2v) is 4.25. The predicted molar refractivity (Wildman–Crippen MR) is 67.2 cm³/mol. The molecular formula is C14H12F4N2. The van der Waals surface area contributed by atoms with Crippen LogP contribution < -0.4 is 5.32 Å². The molecule has 0 spiro atoms. The summed E-state index contributed by atoms with van der Waals surface area (Å²) in [5.74, 6) is -3.77. The molecule has 6 heteroatoms. The number of aromatic nitrogens is 1. The second-order valence-electron chi connectivity index (χ2n) is 4.25. The quantitative estimate of drug-likeness (QED) is 0.672. The van der Waals surface area contributed by atoms with Crippen LogP contribution in [0, 0.1) is 23.3 Å². The van der Waals surface area contributed by atoms with Gasteiger partial charge in [0.15, 0.2) is 11.6 Å². The lowest BCUT2D eigenvalue weighted by Crippen LogP contribution is -2.13. The van der Waals surface area contributed by atoms with Crippen molar-refractivity contribution in [1.82, 2.24) is 4.98 Å². The lowest BCUT2D eigenvalue weighted by atomic mass is 10.1. The first-order chi connectivity index (χ1) is 9.51. The van der Waals surface area contributed by atoms with Gasteiger partial charge in [-0.1, -0.05) is 6.92 Å². The van der Waals surface area contributed by atoms with Crippen molar-refractivity contribution in [2.45, 2.75) is 19.4 Å². The molecule has 0 saturated carbocycles. The van der Waals surface area contributed by atoms with Crippen molar-refractivity contribution in [2.24, 2.45) is 0 Å². The highest BCUT2D eigenvalue weighted by Crippen LogP contribution is 2.25. The molecule has 1 aromatic carbocycles. The Morgan fingerprint density at radius 3 is 2.35 bits per heavy atom. The standard InChI is InChI=1S/C14H12F4N2/c1-2-12(13-4-3-8(15)7-19-13)20-14-6-10(17)9(16)5-11(14)18/h3-7,12,20H,2H2,1H3. The van der Waals surface area contributed by atoms with Gasteiger partial charge in [0.25, 0.3) is 0 Å². The molecule has 1 N–H and O–H groups in total. The molecule has 0 bridgehead atoms. The Labute approximate surface area is 113 Å². The van der Waals surface area contributed by atoms with E-state index in [2.05, 4.69) is 10.3 Å².